The van der Waals surface area contributed by atoms with E-state index in [0.29, 0.717) is 6.54 Å². The lowest BCUT2D eigenvalue weighted by Gasteiger charge is -2.25. The predicted octanol–water partition coefficient (Wildman–Crippen LogP) is -0.222. The zero-order chi connectivity index (χ0) is 15.3. The van der Waals surface area contributed by atoms with Crippen molar-refractivity contribution < 1.29 is 24.2 Å². The second-order valence-corrected chi connectivity index (χ2v) is 3.80. The van der Waals surface area contributed by atoms with Crippen molar-refractivity contribution in [3.63, 3.8) is 0 Å². The smallest absolute Gasteiger partial charge is 0.351 e. The van der Waals surface area contributed by atoms with E-state index in [1.54, 1.807) is 13.8 Å². The van der Waals surface area contributed by atoms with Gasteiger partial charge in [-0.15, -0.1) is 0 Å². The van der Waals surface area contributed by atoms with Gasteiger partial charge >= 0.3 is 11.9 Å². The molecule has 1 heterocycles. The molecule has 1 aromatic heterocycles. The standard InChI is InChI=1S/C12H17N3O5/c1-5-15-10(13-7-14-15)12(18,11(17)20-6-2)8(3)9(16)19-4/h7,18H,3,5-6H2,1-2,4H3. The van der Waals surface area contributed by atoms with E-state index in [4.69, 9.17) is 4.74 Å². The molecular formula is C12H17N3O5. The fraction of sp³-hybridized carbons (Fsp3) is 0.500. The lowest BCUT2D eigenvalue weighted by molar-refractivity contribution is -0.166. The fourth-order valence-corrected chi connectivity index (χ4v) is 1.63. The number of esters is 2. The summed E-state index contributed by atoms with van der Waals surface area (Å²) >= 11 is 0. The highest BCUT2D eigenvalue weighted by atomic mass is 16.6. The molecule has 0 saturated carbocycles. The van der Waals surface area contributed by atoms with Crippen LogP contribution in [0.2, 0.25) is 0 Å². The molecule has 1 atom stereocenters. The Morgan fingerprint density at radius 3 is 2.65 bits per heavy atom. The van der Waals surface area contributed by atoms with E-state index in [0.717, 1.165) is 13.4 Å². The number of carbonyl (C=O) groups is 2. The first-order valence-electron chi connectivity index (χ1n) is 5.98. The van der Waals surface area contributed by atoms with E-state index in [1.165, 1.54) is 4.68 Å². The topological polar surface area (TPSA) is 104 Å². The summed E-state index contributed by atoms with van der Waals surface area (Å²) in [5, 5.41) is 14.5. The summed E-state index contributed by atoms with van der Waals surface area (Å²) in [5.74, 6) is -2.14. The van der Waals surface area contributed by atoms with E-state index < -0.39 is 23.1 Å². The summed E-state index contributed by atoms with van der Waals surface area (Å²) in [5.41, 5.74) is -2.92. The van der Waals surface area contributed by atoms with Crippen molar-refractivity contribution in [1.82, 2.24) is 14.8 Å². The van der Waals surface area contributed by atoms with Gasteiger partial charge in [0.25, 0.3) is 5.60 Å². The molecule has 8 heteroatoms. The molecule has 0 amide bonds. The monoisotopic (exact) mass is 283 g/mol. The first-order valence-corrected chi connectivity index (χ1v) is 5.98. The van der Waals surface area contributed by atoms with Crippen LogP contribution in [0.5, 0.6) is 0 Å². The summed E-state index contributed by atoms with van der Waals surface area (Å²) in [4.78, 5) is 27.5. The van der Waals surface area contributed by atoms with Crippen LogP contribution in [-0.2, 0) is 31.2 Å². The van der Waals surface area contributed by atoms with Crippen LogP contribution in [0.25, 0.3) is 0 Å². The number of carbonyl (C=O) groups excluding carboxylic acids is 2. The maximum absolute atomic E-state index is 12.1. The SMILES string of the molecule is C=C(C(=O)OC)C(O)(C(=O)OCC)c1ncnn1CC. The molecule has 0 bridgehead atoms. The first-order chi connectivity index (χ1) is 9.43. The van der Waals surface area contributed by atoms with E-state index in [-0.39, 0.29) is 12.4 Å². The third kappa shape index (κ3) is 2.55. The number of aromatic nitrogens is 3. The molecular weight excluding hydrogens is 266 g/mol. The predicted molar refractivity (Wildman–Crippen MR) is 67.4 cm³/mol. The molecule has 1 rings (SSSR count). The van der Waals surface area contributed by atoms with Gasteiger partial charge in [-0.2, -0.15) is 5.10 Å². The van der Waals surface area contributed by atoms with Gasteiger partial charge in [0, 0.05) is 6.54 Å². The van der Waals surface area contributed by atoms with Crippen molar-refractivity contribution in [2.24, 2.45) is 0 Å². The Bertz CT molecular complexity index is 525. The number of rotatable bonds is 6. The number of hydrogen-bond donors (Lipinski definition) is 1. The molecule has 20 heavy (non-hydrogen) atoms. The average molecular weight is 283 g/mol. The number of aryl methyl sites for hydroxylation is 1. The van der Waals surface area contributed by atoms with Gasteiger partial charge in [-0.1, -0.05) is 6.58 Å². The van der Waals surface area contributed by atoms with E-state index >= 15 is 0 Å². The van der Waals surface area contributed by atoms with Crippen LogP contribution in [0, 0.1) is 0 Å². The molecule has 110 valence electrons. The Kier molecular flexibility index (Phi) is 4.98. The van der Waals surface area contributed by atoms with Crippen LogP contribution in [0.15, 0.2) is 18.5 Å². The molecule has 0 saturated heterocycles. The lowest BCUT2D eigenvalue weighted by atomic mass is 9.93. The molecule has 0 aliphatic carbocycles. The molecule has 0 radical (unpaired) electrons. The second-order valence-electron chi connectivity index (χ2n) is 3.80. The Hall–Kier alpha value is -2.22. The van der Waals surface area contributed by atoms with Gasteiger partial charge in [-0.05, 0) is 13.8 Å². The molecule has 0 spiro atoms. The van der Waals surface area contributed by atoms with Crippen molar-refractivity contribution >= 4 is 11.9 Å². The van der Waals surface area contributed by atoms with Crippen LogP contribution in [-0.4, -0.2) is 45.5 Å². The fourth-order valence-electron chi connectivity index (χ4n) is 1.63. The molecule has 0 fully saturated rings. The number of hydrogen-bond acceptors (Lipinski definition) is 7. The summed E-state index contributed by atoms with van der Waals surface area (Å²) in [6.07, 6.45) is 1.16. The quantitative estimate of drug-likeness (QED) is 0.568. The zero-order valence-corrected chi connectivity index (χ0v) is 11.6. The van der Waals surface area contributed by atoms with Gasteiger partial charge in [0.15, 0.2) is 5.82 Å². The van der Waals surface area contributed by atoms with Gasteiger partial charge in [0.1, 0.15) is 6.33 Å². The number of nitrogens with zero attached hydrogens (tertiary/aromatic N) is 3. The van der Waals surface area contributed by atoms with Gasteiger partial charge in [-0.3, -0.25) is 0 Å². The van der Waals surface area contributed by atoms with Crippen molar-refractivity contribution in [2.75, 3.05) is 13.7 Å². The third-order valence-corrected chi connectivity index (χ3v) is 2.68. The Morgan fingerprint density at radius 2 is 2.15 bits per heavy atom. The van der Waals surface area contributed by atoms with Crippen LogP contribution in [0.4, 0.5) is 0 Å². The molecule has 1 N–H and O–H groups in total. The van der Waals surface area contributed by atoms with Crippen molar-refractivity contribution in [1.29, 1.82) is 0 Å². The summed E-state index contributed by atoms with van der Waals surface area (Å²) in [6.45, 7) is 7.10. The summed E-state index contributed by atoms with van der Waals surface area (Å²) < 4.78 is 10.6. The van der Waals surface area contributed by atoms with Crippen molar-refractivity contribution in [2.45, 2.75) is 26.0 Å². The summed E-state index contributed by atoms with van der Waals surface area (Å²) in [7, 11) is 1.11. The number of methoxy groups -OCH3 is 1. The maximum atomic E-state index is 12.1. The lowest BCUT2D eigenvalue weighted by Crippen LogP contribution is -2.44. The minimum atomic E-state index is -2.43. The number of aliphatic hydroxyl groups is 1. The van der Waals surface area contributed by atoms with Gasteiger partial charge < -0.3 is 14.6 Å². The maximum Gasteiger partial charge on any atom is 0.351 e. The summed E-state index contributed by atoms with van der Waals surface area (Å²) in [6, 6.07) is 0. The van der Waals surface area contributed by atoms with Crippen molar-refractivity contribution in [3.8, 4) is 0 Å². The van der Waals surface area contributed by atoms with Gasteiger partial charge in [0.2, 0.25) is 0 Å². The van der Waals surface area contributed by atoms with Gasteiger partial charge in [-0.25, -0.2) is 19.3 Å². The minimum absolute atomic E-state index is 0.0237. The van der Waals surface area contributed by atoms with Crippen LogP contribution in [0.1, 0.15) is 19.7 Å². The molecule has 8 nitrogen and oxygen atoms in total. The largest absolute Gasteiger partial charge is 0.466 e. The van der Waals surface area contributed by atoms with E-state index in [2.05, 4.69) is 21.4 Å². The highest BCUT2D eigenvalue weighted by Crippen LogP contribution is 2.29. The molecule has 1 unspecified atom stereocenters. The Labute approximate surface area is 116 Å². The van der Waals surface area contributed by atoms with Gasteiger partial charge in [0.05, 0.1) is 19.3 Å². The average Bonchev–Trinajstić information content (AvgIpc) is 2.93. The van der Waals surface area contributed by atoms with E-state index in [1.807, 2.05) is 0 Å². The van der Waals surface area contributed by atoms with Crippen LogP contribution in [0.3, 0.4) is 0 Å². The molecule has 0 aliphatic heterocycles. The molecule has 0 aromatic carbocycles. The van der Waals surface area contributed by atoms with Crippen LogP contribution >= 0.6 is 0 Å². The Balaban J connectivity index is 3.38. The first kappa shape index (κ1) is 15.8. The van der Waals surface area contributed by atoms with Crippen LogP contribution < -0.4 is 0 Å². The number of ether oxygens (including phenoxy) is 2. The molecule has 0 aliphatic rings. The minimum Gasteiger partial charge on any atom is -0.466 e. The molecule has 1 aromatic rings. The van der Waals surface area contributed by atoms with Crippen molar-refractivity contribution in [3.05, 3.63) is 24.3 Å². The normalized spacial score (nSPS) is 13.4. The third-order valence-electron chi connectivity index (χ3n) is 2.68. The highest BCUT2D eigenvalue weighted by molar-refractivity contribution is 5.99. The highest BCUT2D eigenvalue weighted by Gasteiger charge is 2.49. The van der Waals surface area contributed by atoms with E-state index in [9.17, 15) is 14.7 Å². The second kappa shape index (κ2) is 6.29. The zero-order valence-electron chi connectivity index (χ0n) is 11.6. The Morgan fingerprint density at radius 1 is 1.50 bits per heavy atom.